The second-order valence-electron chi connectivity index (χ2n) is 9.17. The highest BCUT2D eigenvalue weighted by Crippen LogP contribution is 2.36. The van der Waals surface area contributed by atoms with Gasteiger partial charge in [-0.15, -0.1) is 15.7 Å². The van der Waals surface area contributed by atoms with Crippen molar-refractivity contribution in [3.63, 3.8) is 0 Å². The Bertz CT molecular complexity index is 1760. The molecule has 11 heteroatoms. The molecule has 2 N–H and O–H groups in total. The number of rotatable bonds is 5. The van der Waals surface area contributed by atoms with Crippen molar-refractivity contribution in [2.45, 2.75) is 43.6 Å². The van der Waals surface area contributed by atoms with Crippen LogP contribution in [0.3, 0.4) is 0 Å². The Balaban J connectivity index is 1.39. The zero-order valence-corrected chi connectivity index (χ0v) is 21.9. The molecule has 2 aliphatic rings. The molecule has 2 aromatic carbocycles. The number of ether oxygens (including phenoxy) is 1. The highest BCUT2D eigenvalue weighted by atomic mass is 32.2. The maximum absolute atomic E-state index is 13.6. The number of thiophene rings is 1. The van der Waals surface area contributed by atoms with Gasteiger partial charge in [0.05, 0.1) is 15.9 Å². The van der Waals surface area contributed by atoms with E-state index in [0.717, 1.165) is 43.4 Å². The number of fused-ring (bicyclic) bond motifs is 2. The smallest absolute Gasteiger partial charge is 0.286 e. The van der Waals surface area contributed by atoms with Crippen molar-refractivity contribution >= 4 is 48.8 Å². The number of benzene rings is 2. The largest absolute Gasteiger partial charge is 0.505 e. The SMILES string of the molecule is O=c1c(C2=NS(=O)(=O)c3cc(OCc4ccccc4)ccc3N2)c(O)c2sccc2n1N=C1CCCCC1. The highest BCUT2D eigenvalue weighted by molar-refractivity contribution is 7.90. The average molecular weight is 549 g/mol. The van der Waals surface area contributed by atoms with E-state index >= 15 is 0 Å². The van der Waals surface area contributed by atoms with Crippen LogP contribution in [0.4, 0.5) is 5.69 Å². The van der Waals surface area contributed by atoms with E-state index in [1.807, 2.05) is 30.3 Å². The highest BCUT2D eigenvalue weighted by Gasteiger charge is 2.31. The first-order valence-corrected chi connectivity index (χ1v) is 14.6. The van der Waals surface area contributed by atoms with Crippen molar-refractivity contribution in [1.82, 2.24) is 4.68 Å². The molecule has 1 saturated carbocycles. The predicted octanol–water partition coefficient (Wildman–Crippen LogP) is 5.08. The summed E-state index contributed by atoms with van der Waals surface area (Å²) in [4.78, 5) is 13.6. The molecule has 0 unspecified atom stereocenters. The second kappa shape index (κ2) is 9.73. The molecule has 2 aromatic heterocycles. The Morgan fingerprint density at radius 3 is 2.66 bits per heavy atom. The third-order valence-corrected chi connectivity index (χ3v) is 8.81. The third-order valence-electron chi connectivity index (χ3n) is 6.58. The van der Waals surface area contributed by atoms with Gasteiger partial charge in [0.1, 0.15) is 22.8 Å². The molecule has 194 valence electrons. The summed E-state index contributed by atoms with van der Waals surface area (Å²) in [5, 5.41) is 20.4. The number of nitrogens with one attached hydrogen (secondary N) is 1. The lowest BCUT2D eigenvalue weighted by Gasteiger charge is -2.20. The van der Waals surface area contributed by atoms with Crippen molar-refractivity contribution in [3.8, 4) is 11.5 Å². The average Bonchev–Trinajstić information content (AvgIpc) is 3.41. The van der Waals surface area contributed by atoms with E-state index in [2.05, 4.69) is 14.8 Å². The zero-order chi connectivity index (χ0) is 26.3. The number of anilines is 1. The molecule has 1 aliphatic carbocycles. The zero-order valence-electron chi connectivity index (χ0n) is 20.3. The molecule has 0 spiro atoms. The number of aromatic nitrogens is 1. The van der Waals surface area contributed by atoms with E-state index in [0.29, 0.717) is 16.0 Å². The molecular weight excluding hydrogens is 524 g/mol. The van der Waals surface area contributed by atoms with E-state index in [1.54, 1.807) is 23.6 Å². The normalized spacial score (nSPS) is 16.4. The molecule has 0 saturated heterocycles. The molecule has 0 radical (unpaired) electrons. The summed E-state index contributed by atoms with van der Waals surface area (Å²) >= 11 is 1.24. The number of amidine groups is 1. The van der Waals surface area contributed by atoms with Gasteiger partial charge in [-0.05, 0) is 54.8 Å². The van der Waals surface area contributed by atoms with Crippen LogP contribution in [0, 0.1) is 0 Å². The van der Waals surface area contributed by atoms with Crippen LogP contribution in [0.2, 0.25) is 0 Å². The Hall–Kier alpha value is -3.96. The summed E-state index contributed by atoms with van der Waals surface area (Å²) < 4.78 is 37.8. The lowest BCUT2D eigenvalue weighted by molar-refractivity contribution is 0.305. The van der Waals surface area contributed by atoms with Gasteiger partial charge in [0.25, 0.3) is 15.6 Å². The fourth-order valence-corrected chi connectivity index (χ4v) is 6.63. The van der Waals surface area contributed by atoms with E-state index in [4.69, 9.17) is 4.74 Å². The van der Waals surface area contributed by atoms with Crippen LogP contribution in [0.1, 0.15) is 43.2 Å². The summed E-state index contributed by atoms with van der Waals surface area (Å²) in [6.07, 6.45) is 4.73. The fraction of sp³-hybridized carbons (Fsp3) is 0.222. The molecule has 38 heavy (non-hydrogen) atoms. The molecule has 4 aromatic rings. The molecule has 0 atom stereocenters. The first-order valence-electron chi connectivity index (χ1n) is 12.3. The molecule has 6 rings (SSSR count). The fourth-order valence-electron chi connectivity index (χ4n) is 4.67. The van der Waals surface area contributed by atoms with Crippen molar-refractivity contribution in [3.05, 3.63) is 81.5 Å². The minimum Gasteiger partial charge on any atom is -0.505 e. The topological polar surface area (TPSA) is 122 Å². The minimum atomic E-state index is -4.20. The molecule has 9 nitrogen and oxygen atoms in total. The summed E-state index contributed by atoms with van der Waals surface area (Å²) in [7, 11) is -4.20. The maximum Gasteiger partial charge on any atom is 0.286 e. The number of aromatic hydroxyl groups is 1. The predicted molar refractivity (Wildman–Crippen MR) is 148 cm³/mol. The van der Waals surface area contributed by atoms with Crippen molar-refractivity contribution in [2.75, 3.05) is 5.32 Å². The minimum absolute atomic E-state index is 0.0775. The standard InChI is InChI=1S/C27H24N4O5S2/c32-24-23(27(33)31(21-13-14-37-25(21)24)29-18-9-5-2-6-10-18)26-28-20-12-11-19(15-22(20)38(34,35)30-26)36-16-17-7-3-1-4-8-17/h1,3-4,7-8,11-15,32H,2,5-6,9-10,16H2,(H,28,30). The van der Waals surface area contributed by atoms with Crippen LogP contribution in [0.5, 0.6) is 11.5 Å². The van der Waals surface area contributed by atoms with Crippen LogP contribution >= 0.6 is 11.3 Å². The van der Waals surface area contributed by atoms with E-state index in [-0.39, 0.29) is 34.3 Å². The molecule has 1 aliphatic heterocycles. The Morgan fingerprint density at radius 1 is 1.08 bits per heavy atom. The van der Waals surface area contributed by atoms with Gasteiger partial charge >= 0.3 is 0 Å². The summed E-state index contributed by atoms with van der Waals surface area (Å²) in [6.45, 7) is 0.276. The van der Waals surface area contributed by atoms with Gasteiger partial charge < -0.3 is 15.2 Å². The van der Waals surface area contributed by atoms with Crippen LogP contribution < -0.4 is 15.6 Å². The van der Waals surface area contributed by atoms with Crippen molar-refractivity contribution < 1.29 is 18.3 Å². The quantitative estimate of drug-likeness (QED) is 0.359. The van der Waals surface area contributed by atoms with Gasteiger partial charge in [-0.3, -0.25) is 4.79 Å². The third kappa shape index (κ3) is 4.48. The Morgan fingerprint density at radius 2 is 1.87 bits per heavy atom. The summed E-state index contributed by atoms with van der Waals surface area (Å²) in [6, 6.07) is 15.8. The summed E-state index contributed by atoms with van der Waals surface area (Å²) in [5.41, 5.74) is 1.68. The number of sulfonamides is 1. The first-order chi connectivity index (χ1) is 18.4. The molecule has 0 amide bonds. The summed E-state index contributed by atoms with van der Waals surface area (Å²) in [5.74, 6) is -0.205. The Kier molecular flexibility index (Phi) is 6.24. The second-order valence-corrected chi connectivity index (χ2v) is 11.7. The van der Waals surface area contributed by atoms with Crippen LogP contribution in [-0.2, 0) is 16.6 Å². The monoisotopic (exact) mass is 548 g/mol. The van der Waals surface area contributed by atoms with E-state index < -0.39 is 15.6 Å². The van der Waals surface area contributed by atoms with Crippen molar-refractivity contribution in [2.24, 2.45) is 9.50 Å². The Labute approximate surface area is 222 Å². The van der Waals surface area contributed by atoms with Gasteiger partial charge in [-0.25, -0.2) is 0 Å². The van der Waals surface area contributed by atoms with E-state index in [9.17, 15) is 18.3 Å². The number of nitrogens with zero attached hydrogens (tertiary/aromatic N) is 3. The lowest BCUT2D eigenvalue weighted by Crippen LogP contribution is -2.31. The van der Waals surface area contributed by atoms with Crippen molar-refractivity contribution in [1.29, 1.82) is 0 Å². The van der Waals surface area contributed by atoms with Gasteiger partial charge in [0.2, 0.25) is 0 Å². The van der Waals surface area contributed by atoms with Gasteiger partial charge in [-0.2, -0.15) is 18.2 Å². The van der Waals surface area contributed by atoms with Crippen LogP contribution in [0.25, 0.3) is 10.2 Å². The van der Waals surface area contributed by atoms with Gasteiger partial charge in [0, 0.05) is 11.8 Å². The molecular formula is C27H24N4O5S2. The maximum atomic E-state index is 13.6. The first kappa shape index (κ1) is 24.4. The lowest BCUT2D eigenvalue weighted by atomic mass is 9.99. The molecule has 3 heterocycles. The van der Waals surface area contributed by atoms with Gasteiger partial charge in [0.15, 0.2) is 11.6 Å². The van der Waals surface area contributed by atoms with Crippen LogP contribution in [0.15, 0.2) is 79.2 Å². The molecule has 0 bridgehead atoms. The molecule has 1 fully saturated rings. The van der Waals surface area contributed by atoms with E-state index in [1.165, 1.54) is 22.1 Å². The van der Waals surface area contributed by atoms with Gasteiger partial charge in [-0.1, -0.05) is 36.8 Å². The number of hydrogen-bond acceptors (Lipinski definition) is 8. The van der Waals surface area contributed by atoms with Crippen LogP contribution in [-0.4, -0.2) is 29.7 Å². The number of pyridine rings is 1. The number of hydrogen-bond donors (Lipinski definition) is 2.